The second kappa shape index (κ2) is 3.23. The van der Waals surface area contributed by atoms with E-state index < -0.39 is 0 Å². The van der Waals surface area contributed by atoms with Gasteiger partial charge in [0, 0.05) is 23.1 Å². The van der Waals surface area contributed by atoms with Crippen LogP contribution >= 0.6 is 0 Å². The molecule has 1 heterocycles. The maximum atomic E-state index is 7.06. The summed E-state index contributed by atoms with van der Waals surface area (Å²) in [7, 11) is 0. The van der Waals surface area contributed by atoms with Gasteiger partial charge in [-0.3, -0.25) is 0 Å². The summed E-state index contributed by atoms with van der Waals surface area (Å²) in [6.07, 6.45) is 2.91. The van der Waals surface area contributed by atoms with E-state index in [1.807, 2.05) is 25.3 Å². The van der Waals surface area contributed by atoms with Gasteiger partial charge in [0.25, 0.3) is 0 Å². The van der Waals surface area contributed by atoms with E-state index in [1.54, 1.807) is 0 Å². The summed E-state index contributed by atoms with van der Waals surface area (Å²) < 4.78 is 7.06. The fourth-order valence-electron chi connectivity index (χ4n) is 1.63. The van der Waals surface area contributed by atoms with E-state index >= 15 is 0 Å². The smallest absolute Gasteiger partial charge is 0.119 e. The third kappa shape index (κ3) is 1.58. The molecule has 3 N–H and O–H groups in total. The maximum Gasteiger partial charge on any atom is 0.119 e. The minimum absolute atomic E-state index is 0.189. The minimum atomic E-state index is 0.189. The summed E-state index contributed by atoms with van der Waals surface area (Å²) in [6, 6.07) is 8.43. The average molecular weight is 175 g/mol. The Labute approximate surface area is 79.2 Å². The van der Waals surface area contributed by atoms with Gasteiger partial charge in [0.05, 0.1) is 0 Å². The van der Waals surface area contributed by atoms with Crippen LogP contribution in [-0.2, 0) is 6.42 Å². The van der Waals surface area contributed by atoms with E-state index in [9.17, 15) is 0 Å². The number of aromatic nitrogens is 1. The van der Waals surface area contributed by atoms with Crippen molar-refractivity contribution < 1.29 is 1.41 Å². The third-order valence-corrected chi connectivity index (χ3v) is 2.20. The highest BCUT2D eigenvalue weighted by Gasteiger charge is 2.03. The SMILES string of the molecule is [2H]NC(C)Cc1c[nH]c2ccccc12. The van der Waals surface area contributed by atoms with Crippen molar-refractivity contribution in [1.29, 1.82) is 0 Å². The molecule has 0 amide bonds. The molecule has 0 radical (unpaired) electrons. The van der Waals surface area contributed by atoms with Gasteiger partial charge in [-0.25, -0.2) is 0 Å². The zero-order valence-electron chi connectivity index (χ0n) is 8.67. The summed E-state index contributed by atoms with van der Waals surface area (Å²) in [5, 5.41) is 1.26. The summed E-state index contributed by atoms with van der Waals surface area (Å²) in [5.74, 6) is 0. The first-order valence-electron chi connectivity index (χ1n) is 5.03. The highest BCUT2D eigenvalue weighted by Crippen LogP contribution is 2.18. The lowest BCUT2D eigenvalue weighted by Crippen LogP contribution is -2.17. The first kappa shape index (κ1) is 7.15. The van der Waals surface area contributed by atoms with E-state index in [-0.39, 0.29) is 6.04 Å². The number of hydrogen-bond acceptors (Lipinski definition) is 1. The predicted octanol–water partition coefficient (Wildman–Crippen LogP) is 2.06. The molecular formula is C11H14N2. The van der Waals surface area contributed by atoms with Gasteiger partial charge in [-0.1, -0.05) is 18.2 Å². The molecule has 2 heteroatoms. The van der Waals surface area contributed by atoms with Crippen LogP contribution in [-0.4, -0.2) is 11.0 Å². The molecule has 2 rings (SSSR count). The van der Waals surface area contributed by atoms with Crippen LogP contribution < -0.4 is 5.73 Å². The Balaban J connectivity index is 2.33. The lowest BCUT2D eigenvalue weighted by atomic mass is 10.1. The van der Waals surface area contributed by atoms with Gasteiger partial charge in [0.2, 0.25) is 0 Å². The highest BCUT2D eigenvalue weighted by atomic mass is 14.7. The van der Waals surface area contributed by atoms with Crippen molar-refractivity contribution in [3.63, 3.8) is 0 Å². The molecule has 0 saturated carbocycles. The largest absolute Gasteiger partial charge is 0.361 e. The topological polar surface area (TPSA) is 41.8 Å². The summed E-state index contributed by atoms with van der Waals surface area (Å²) in [6.45, 7) is 2.01. The van der Waals surface area contributed by atoms with Crippen LogP contribution in [0.1, 0.15) is 12.5 Å². The zero-order chi connectivity index (χ0) is 9.97. The van der Waals surface area contributed by atoms with E-state index in [4.69, 9.17) is 1.41 Å². The molecule has 0 aliphatic heterocycles. The molecule has 1 aromatic carbocycles. The Morgan fingerprint density at radius 1 is 1.54 bits per heavy atom. The number of aromatic amines is 1. The molecule has 1 aromatic heterocycles. The summed E-state index contributed by atoms with van der Waals surface area (Å²) in [4.78, 5) is 3.23. The standard InChI is InChI=1S/C11H14N2/c1-8(12)6-9-7-13-11-5-3-2-4-10(9)11/h2-5,7-8,13H,6,12H2,1H3/i/hD. The van der Waals surface area contributed by atoms with E-state index in [1.165, 1.54) is 16.5 Å². The number of para-hydroxylation sites is 1. The molecule has 68 valence electrons. The van der Waals surface area contributed by atoms with Gasteiger partial charge >= 0.3 is 0 Å². The number of H-pyrrole nitrogens is 1. The van der Waals surface area contributed by atoms with Crippen molar-refractivity contribution in [2.75, 3.05) is 0 Å². The second-order valence-electron chi connectivity index (χ2n) is 3.46. The van der Waals surface area contributed by atoms with Gasteiger partial charge in [0.1, 0.15) is 1.41 Å². The van der Waals surface area contributed by atoms with Crippen LogP contribution in [0.15, 0.2) is 30.5 Å². The Morgan fingerprint density at radius 2 is 2.38 bits per heavy atom. The van der Waals surface area contributed by atoms with E-state index in [2.05, 4.69) is 22.8 Å². The lowest BCUT2D eigenvalue weighted by Gasteiger charge is -2.02. The van der Waals surface area contributed by atoms with Gasteiger partial charge in [-0.05, 0) is 25.0 Å². The van der Waals surface area contributed by atoms with Gasteiger partial charge in [-0.15, -0.1) is 0 Å². The van der Waals surface area contributed by atoms with Gasteiger partial charge in [0.15, 0.2) is 0 Å². The molecule has 13 heavy (non-hydrogen) atoms. The normalized spacial score (nSPS) is 14.4. The average Bonchev–Trinajstić information content (AvgIpc) is 2.62. The molecule has 0 aliphatic rings. The molecule has 0 bridgehead atoms. The Hall–Kier alpha value is -1.28. The molecule has 2 aromatic rings. The number of hydrogen-bond donors (Lipinski definition) is 2. The van der Waals surface area contributed by atoms with Gasteiger partial charge in [-0.2, -0.15) is 0 Å². The molecule has 0 aliphatic carbocycles. The van der Waals surface area contributed by atoms with Crippen molar-refractivity contribution >= 4 is 10.9 Å². The zero-order valence-corrected chi connectivity index (χ0v) is 7.67. The quantitative estimate of drug-likeness (QED) is 0.736. The van der Waals surface area contributed by atoms with Crippen molar-refractivity contribution in [3.05, 3.63) is 36.0 Å². The van der Waals surface area contributed by atoms with Crippen LogP contribution in [0, 0.1) is 0 Å². The fourth-order valence-corrected chi connectivity index (χ4v) is 1.63. The van der Waals surface area contributed by atoms with Crippen molar-refractivity contribution in [2.24, 2.45) is 5.73 Å². The van der Waals surface area contributed by atoms with E-state index in [0.29, 0.717) is 0 Å². The first-order valence-corrected chi connectivity index (χ1v) is 4.53. The van der Waals surface area contributed by atoms with Gasteiger partial charge < -0.3 is 10.7 Å². The molecule has 0 fully saturated rings. The van der Waals surface area contributed by atoms with E-state index in [0.717, 1.165) is 6.42 Å². The summed E-state index contributed by atoms with van der Waals surface area (Å²) in [5.41, 5.74) is 4.94. The van der Waals surface area contributed by atoms with Crippen molar-refractivity contribution in [1.82, 2.24) is 4.98 Å². The molecule has 1 unspecified atom stereocenters. The number of nitrogens with two attached hydrogens (primary N) is 1. The maximum absolute atomic E-state index is 7.06. The Bertz CT molecular complexity index is 422. The Morgan fingerprint density at radius 3 is 3.23 bits per heavy atom. The number of rotatable bonds is 3. The lowest BCUT2D eigenvalue weighted by molar-refractivity contribution is 0.741. The minimum Gasteiger partial charge on any atom is -0.361 e. The third-order valence-electron chi connectivity index (χ3n) is 2.20. The van der Waals surface area contributed by atoms with Crippen LogP contribution in [0.25, 0.3) is 10.9 Å². The molecule has 1 atom stereocenters. The monoisotopic (exact) mass is 175 g/mol. The number of fused-ring (bicyclic) bond motifs is 1. The van der Waals surface area contributed by atoms with Crippen LogP contribution in [0.2, 0.25) is 1.41 Å². The second-order valence-corrected chi connectivity index (χ2v) is 3.46. The van der Waals surface area contributed by atoms with Crippen LogP contribution in [0.5, 0.6) is 0 Å². The number of nitrogens with one attached hydrogen (secondary N) is 1. The number of benzene rings is 1. The molecule has 0 spiro atoms. The Kier molecular flexibility index (Phi) is 1.78. The summed E-state index contributed by atoms with van der Waals surface area (Å²) >= 11 is 0. The first-order chi connectivity index (χ1) is 6.81. The predicted molar refractivity (Wildman–Crippen MR) is 55.7 cm³/mol. The molecule has 2 nitrogen and oxygen atoms in total. The van der Waals surface area contributed by atoms with Crippen molar-refractivity contribution in [2.45, 2.75) is 19.4 Å². The van der Waals surface area contributed by atoms with Crippen LogP contribution in [0.3, 0.4) is 0 Å². The van der Waals surface area contributed by atoms with Crippen LogP contribution in [0.4, 0.5) is 0 Å². The van der Waals surface area contributed by atoms with Crippen molar-refractivity contribution in [3.8, 4) is 0 Å². The molecular weight excluding hydrogens is 160 g/mol. The molecule has 0 saturated heterocycles. The fraction of sp³-hybridized carbons (Fsp3) is 0.273. The highest BCUT2D eigenvalue weighted by molar-refractivity contribution is 5.83.